The van der Waals surface area contributed by atoms with Gasteiger partial charge in [0, 0.05) is 12.6 Å². The van der Waals surface area contributed by atoms with Crippen LogP contribution < -0.4 is 9.47 Å². The SMILES string of the molecule is CC1CCC(N(C)Cc2ccc3c(c2)OCO3)CC1. The molecule has 0 aromatic heterocycles. The van der Waals surface area contributed by atoms with E-state index in [1.165, 1.54) is 31.2 Å². The van der Waals surface area contributed by atoms with Gasteiger partial charge in [-0.05, 0) is 56.3 Å². The van der Waals surface area contributed by atoms with E-state index in [0.717, 1.165) is 30.0 Å². The van der Waals surface area contributed by atoms with Crippen LogP contribution in [0, 0.1) is 5.92 Å². The summed E-state index contributed by atoms with van der Waals surface area (Å²) < 4.78 is 10.8. The van der Waals surface area contributed by atoms with Crippen molar-refractivity contribution in [2.45, 2.75) is 45.2 Å². The van der Waals surface area contributed by atoms with Crippen LogP contribution in [0.4, 0.5) is 0 Å². The smallest absolute Gasteiger partial charge is 0.231 e. The third-order valence-electron chi connectivity index (χ3n) is 4.48. The molecule has 0 saturated heterocycles. The minimum Gasteiger partial charge on any atom is -0.454 e. The molecule has 0 atom stereocenters. The molecule has 1 fully saturated rings. The van der Waals surface area contributed by atoms with E-state index in [9.17, 15) is 0 Å². The molecule has 1 aliphatic carbocycles. The van der Waals surface area contributed by atoms with Crippen LogP contribution in [0.25, 0.3) is 0 Å². The zero-order valence-corrected chi connectivity index (χ0v) is 11.9. The molecule has 1 aliphatic heterocycles. The Labute approximate surface area is 115 Å². The van der Waals surface area contributed by atoms with Gasteiger partial charge in [-0.2, -0.15) is 0 Å². The van der Waals surface area contributed by atoms with Crippen LogP contribution in [-0.2, 0) is 6.54 Å². The van der Waals surface area contributed by atoms with Gasteiger partial charge in [0.25, 0.3) is 0 Å². The molecule has 3 rings (SSSR count). The third-order valence-corrected chi connectivity index (χ3v) is 4.48. The molecular weight excluding hydrogens is 238 g/mol. The molecule has 1 heterocycles. The topological polar surface area (TPSA) is 21.7 Å². The van der Waals surface area contributed by atoms with E-state index in [0.29, 0.717) is 6.79 Å². The van der Waals surface area contributed by atoms with Gasteiger partial charge in [0.2, 0.25) is 6.79 Å². The Bertz CT molecular complexity index is 438. The first-order valence-electron chi connectivity index (χ1n) is 7.31. The second-order valence-corrected chi connectivity index (χ2v) is 6.02. The van der Waals surface area contributed by atoms with Crippen molar-refractivity contribution in [3.05, 3.63) is 23.8 Å². The van der Waals surface area contributed by atoms with Gasteiger partial charge < -0.3 is 9.47 Å². The fourth-order valence-corrected chi connectivity index (χ4v) is 3.14. The van der Waals surface area contributed by atoms with E-state index in [4.69, 9.17) is 9.47 Å². The molecule has 0 unspecified atom stereocenters. The van der Waals surface area contributed by atoms with E-state index >= 15 is 0 Å². The largest absolute Gasteiger partial charge is 0.454 e. The van der Waals surface area contributed by atoms with E-state index < -0.39 is 0 Å². The number of nitrogens with zero attached hydrogens (tertiary/aromatic N) is 1. The fraction of sp³-hybridized carbons (Fsp3) is 0.625. The molecule has 1 aromatic rings. The van der Waals surface area contributed by atoms with Crippen LogP contribution in [0.1, 0.15) is 38.2 Å². The Hall–Kier alpha value is -1.22. The number of hydrogen-bond donors (Lipinski definition) is 0. The summed E-state index contributed by atoms with van der Waals surface area (Å²) in [6.07, 6.45) is 5.41. The molecule has 0 spiro atoms. The predicted molar refractivity (Wildman–Crippen MR) is 75.5 cm³/mol. The zero-order valence-electron chi connectivity index (χ0n) is 11.9. The van der Waals surface area contributed by atoms with Gasteiger partial charge in [-0.25, -0.2) is 0 Å². The van der Waals surface area contributed by atoms with E-state index in [1.807, 2.05) is 6.07 Å². The lowest BCUT2D eigenvalue weighted by Gasteiger charge is -2.33. The van der Waals surface area contributed by atoms with Gasteiger partial charge in [-0.3, -0.25) is 4.90 Å². The third kappa shape index (κ3) is 2.86. The highest BCUT2D eigenvalue weighted by Gasteiger charge is 2.22. The lowest BCUT2D eigenvalue weighted by Crippen LogP contribution is -2.34. The first kappa shape index (κ1) is 12.8. The Morgan fingerprint density at radius 3 is 2.63 bits per heavy atom. The van der Waals surface area contributed by atoms with Crippen LogP contribution in [0.3, 0.4) is 0 Å². The summed E-state index contributed by atoms with van der Waals surface area (Å²) in [5.41, 5.74) is 1.31. The zero-order chi connectivity index (χ0) is 13.2. The second-order valence-electron chi connectivity index (χ2n) is 6.02. The van der Waals surface area contributed by atoms with Crippen molar-refractivity contribution in [1.82, 2.24) is 4.90 Å². The number of rotatable bonds is 3. The van der Waals surface area contributed by atoms with Crippen molar-refractivity contribution >= 4 is 0 Å². The normalized spacial score (nSPS) is 25.8. The minimum atomic E-state index is 0.356. The van der Waals surface area contributed by atoms with Crippen LogP contribution in [0.15, 0.2) is 18.2 Å². The summed E-state index contributed by atoms with van der Waals surface area (Å²) in [7, 11) is 2.24. The maximum Gasteiger partial charge on any atom is 0.231 e. The number of fused-ring (bicyclic) bond motifs is 1. The van der Waals surface area contributed by atoms with Crippen molar-refractivity contribution < 1.29 is 9.47 Å². The summed E-state index contributed by atoms with van der Waals surface area (Å²) in [6, 6.07) is 7.02. The summed E-state index contributed by atoms with van der Waals surface area (Å²) >= 11 is 0. The van der Waals surface area contributed by atoms with E-state index in [-0.39, 0.29) is 0 Å². The number of hydrogen-bond acceptors (Lipinski definition) is 3. The van der Waals surface area contributed by atoms with Crippen molar-refractivity contribution in [2.75, 3.05) is 13.8 Å². The van der Waals surface area contributed by atoms with Crippen LogP contribution in [-0.4, -0.2) is 24.8 Å². The number of ether oxygens (including phenoxy) is 2. The van der Waals surface area contributed by atoms with Crippen molar-refractivity contribution in [1.29, 1.82) is 0 Å². The van der Waals surface area contributed by atoms with E-state index in [1.54, 1.807) is 0 Å². The van der Waals surface area contributed by atoms with Gasteiger partial charge >= 0.3 is 0 Å². The molecule has 1 aromatic carbocycles. The molecule has 0 amide bonds. The quantitative estimate of drug-likeness (QED) is 0.832. The maximum atomic E-state index is 5.44. The summed E-state index contributed by atoms with van der Waals surface area (Å²) in [5.74, 6) is 2.68. The molecule has 0 N–H and O–H groups in total. The summed E-state index contributed by atoms with van der Waals surface area (Å²) in [6.45, 7) is 3.72. The molecule has 0 radical (unpaired) electrons. The van der Waals surface area contributed by atoms with Gasteiger partial charge in [-0.15, -0.1) is 0 Å². The molecule has 0 bridgehead atoms. The molecule has 2 aliphatic rings. The Morgan fingerprint density at radius 2 is 1.84 bits per heavy atom. The molecule has 104 valence electrons. The lowest BCUT2D eigenvalue weighted by molar-refractivity contribution is 0.163. The van der Waals surface area contributed by atoms with Crippen LogP contribution in [0.5, 0.6) is 11.5 Å². The summed E-state index contributed by atoms with van der Waals surface area (Å²) in [5, 5.41) is 0. The molecule has 1 saturated carbocycles. The Morgan fingerprint density at radius 1 is 1.11 bits per heavy atom. The summed E-state index contributed by atoms with van der Waals surface area (Å²) in [4.78, 5) is 2.49. The maximum absolute atomic E-state index is 5.44. The monoisotopic (exact) mass is 261 g/mol. The average molecular weight is 261 g/mol. The molecule has 19 heavy (non-hydrogen) atoms. The second kappa shape index (κ2) is 5.41. The van der Waals surface area contributed by atoms with Gasteiger partial charge in [0.05, 0.1) is 0 Å². The molecule has 3 heteroatoms. The predicted octanol–water partition coefficient (Wildman–Crippen LogP) is 3.43. The number of benzene rings is 1. The van der Waals surface area contributed by atoms with Crippen LogP contribution >= 0.6 is 0 Å². The first-order valence-corrected chi connectivity index (χ1v) is 7.31. The van der Waals surface area contributed by atoms with Gasteiger partial charge in [-0.1, -0.05) is 13.0 Å². The van der Waals surface area contributed by atoms with Gasteiger partial charge in [0.15, 0.2) is 11.5 Å². The Kier molecular flexibility index (Phi) is 3.65. The highest BCUT2D eigenvalue weighted by atomic mass is 16.7. The standard InChI is InChI=1S/C16H23NO2/c1-12-3-6-14(7-4-12)17(2)10-13-5-8-15-16(9-13)19-11-18-15/h5,8-9,12,14H,3-4,6-7,10-11H2,1-2H3. The average Bonchev–Trinajstić information content (AvgIpc) is 2.87. The van der Waals surface area contributed by atoms with E-state index in [2.05, 4.69) is 31.0 Å². The highest BCUT2D eigenvalue weighted by molar-refractivity contribution is 5.44. The molecular formula is C16H23NO2. The highest BCUT2D eigenvalue weighted by Crippen LogP contribution is 2.33. The minimum absolute atomic E-state index is 0.356. The van der Waals surface area contributed by atoms with Crippen molar-refractivity contribution in [3.8, 4) is 11.5 Å². The fourth-order valence-electron chi connectivity index (χ4n) is 3.14. The lowest BCUT2D eigenvalue weighted by atomic mass is 9.86. The van der Waals surface area contributed by atoms with Crippen molar-refractivity contribution in [2.24, 2.45) is 5.92 Å². The Balaban J connectivity index is 1.61. The van der Waals surface area contributed by atoms with Crippen molar-refractivity contribution in [3.63, 3.8) is 0 Å². The van der Waals surface area contributed by atoms with Gasteiger partial charge in [0.1, 0.15) is 0 Å². The molecule has 3 nitrogen and oxygen atoms in total. The first-order chi connectivity index (χ1) is 9.22. The van der Waals surface area contributed by atoms with Crippen LogP contribution in [0.2, 0.25) is 0 Å².